The van der Waals surface area contributed by atoms with Crippen LogP contribution in [0.2, 0.25) is 0 Å². The van der Waals surface area contributed by atoms with Gasteiger partial charge >= 0.3 is 6.03 Å². The fraction of sp³-hybridized carbons (Fsp3) is 0.600. The molecule has 4 heteroatoms. The zero-order chi connectivity index (χ0) is 13.9. The van der Waals surface area contributed by atoms with Crippen molar-refractivity contribution in [2.45, 2.75) is 45.1 Å². The third-order valence-corrected chi connectivity index (χ3v) is 4.24. The first-order valence-electron chi connectivity index (χ1n) is 7.06. The number of pyridine rings is 1. The second kappa shape index (κ2) is 5.59. The summed E-state index contributed by atoms with van der Waals surface area (Å²) in [5.74, 6) is 0.390. The number of hydrogen-bond acceptors (Lipinski definition) is 2. The summed E-state index contributed by atoms with van der Waals surface area (Å²) in [4.78, 5) is 18.3. The van der Waals surface area contributed by atoms with E-state index in [1.54, 1.807) is 0 Å². The van der Waals surface area contributed by atoms with Crippen LogP contribution in [0.5, 0.6) is 0 Å². The molecule has 0 unspecified atom stereocenters. The Kier molecular flexibility index (Phi) is 4.08. The summed E-state index contributed by atoms with van der Waals surface area (Å²) in [6.07, 6.45) is 3.71. The third kappa shape index (κ3) is 3.06. The molecule has 1 saturated heterocycles. The molecule has 2 rings (SSSR count). The quantitative estimate of drug-likeness (QED) is 0.905. The fourth-order valence-electron chi connectivity index (χ4n) is 2.21. The minimum Gasteiger partial charge on any atom is -0.333 e. The zero-order valence-corrected chi connectivity index (χ0v) is 12.0. The molecule has 1 aromatic heterocycles. The summed E-state index contributed by atoms with van der Waals surface area (Å²) >= 11 is 0. The minimum absolute atomic E-state index is 0.0541. The van der Waals surface area contributed by atoms with Gasteiger partial charge in [-0.2, -0.15) is 0 Å². The van der Waals surface area contributed by atoms with Gasteiger partial charge in [0.05, 0.1) is 0 Å². The smallest absolute Gasteiger partial charge is 0.317 e. The molecule has 1 aromatic rings. The Morgan fingerprint density at radius 2 is 2.11 bits per heavy atom. The molecule has 2 amide bonds. The molecular weight excluding hydrogens is 238 g/mol. The Labute approximate surface area is 115 Å². The summed E-state index contributed by atoms with van der Waals surface area (Å²) < 4.78 is 0. The fourth-order valence-corrected chi connectivity index (χ4v) is 2.21. The summed E-state index contributed by atoms with van der Waals surface area (Å²) in [6.45, 7) is 7.85. The number of hydrogen-bond donors (Lipinski definition) is 1. The van der Waals surface area contributed by atoms with Gasteiger partial charge in [-0.1, -0.05) is 19.9 Å². The first-order valence-corrected chi connectivity index (χ1v) is 7.06. The van der Waals surface area contributed by atoms with Crippen molar-refractivity contribution in [3.63, 3.8) is 0 Å². The number of carbonyl (C=O) groups is 1. The zero-order valence-electron chi connectivity index (χ0n) is 12.0. The number of likely N-dealkylation sites (tertiary alicyclic amines) is 1. The van der Waals surface area contributed by atoms with E-state index in [0.717, 1.165) is 31.6 Å². The lowest BCUT2D eigenvalue weighted by molar-refractivity contribution is 0.138. The van der Waals surface area contributed by atoms with E-state index in [2.05, 4.69) is 31.1 Å². The van der Waals surface area contributed by atoms with Gasteiger partial charge in [-0.3, -0.25) is 4.98 Å². The van der Waals surface area contributed by atoms with Crippen molar-refractivity contribution in [2.24, 2.45) is 0 Å². The van der Waals surface area contributed by atoms with E-state index in [-0.39, 0.29) is 11.6 Å². The van der Waals surface area contributed by atoms with Crippen LogP contribution in [0.3, 0.4) is 0 Å². The highest BCUT2D eigenvalue weighted by atomic mass is 16.2. The van der Waals surface area contributed by atoms with Crippen molar-refractivity contribution < 1.29 is 4.79 Å². The molecule has 0 saturated carbocycles. The molecule has 0 spiro atoms. The molecule has 0 radical (unpaired) electrons. The SMILES string of the molecule is CCC(C)(CC)NC(=O)N1CC(c2ccccn2)C1. The lowest BCUT2D eigenvalue weighted by atomic mass is 9.94. The minimum atomic E-state index is -0.0901. The highest BCUT2D eigenvalue weighted by molar-refractivity contribution is 5.76. The molecule has 0 aromatic carbocycles. The molecule has 0 bridgehead atoms. The van der Waals surface area contributed by atoms with Gasteiger partial charge in [0.2, 0.25) is 0 Å². The van der Waals surface area contributed by atoms with E-state index >= 15 is 0 Å². The number of urea groups is 1. The van der Waals surface area contributed by atoms with Crippen molar-refractivity contribution in [2.75, 3.05) is 13.1 Å². The van der Waals surface area contributed by atoms with Crippen LogP contribution in [0.4, 0.5) is 4.79 Å². The second-order valence-electron chi connectivity index (χ2n) is 5.55. The Balaban J connectivity index is 1.85. The van der Waals surface area contributed by atoms with Crippen LogP contribution in [0.1, 0.15) is 45.2 Å². The number of aromatic nitrogens is 1. The van der Waals surface area contributed by atoms with Crippen molar-refractivity contribution >= 4 is 6.03 Å². The normalized spacial score (nSPS) is 16.1. The molecule has 19 heavy (non-hydrogen) atoms. The number of rotatable bonds is 4. The van der Waals surface area contributed by atoms with Crippen molar-refractivity contribution in [1.29, 1.82) is 0 Å². The Morgan fingerprint density at radius 1 is 1.42 bits per heavy atom. The average Bonchev–Trinajstić information content (AvgIpc) is 2.38. The van der Waals surface area contributed by atoms with Crippen LogP contribution < -0.4 is 5.32 Å². The third-order valence-electron chi connectivity index (χ3n) is 4.24. The average molecular weight is 261 g/mol. The van der Waals surface area contributed by atoms with Crippen molar-refractivity contribution in [3.05, 3.63) is 30.1 Å². The lowest BCUT2D eigenvalue weighted by Crippen LogP contribution is -2.57. The van der Waals surface area contributed by atoms with E-state index in [9.17, 15) is 4.79 Å². The molecule has 1 N–H and O–H groups in total. The van der Waals surface area contributed by atoms with Gasteiger partial charge in [0.15, 0.2) is 0 Å². The van der Waals surface area contributed by atoms with Gasteiger partial charge < -0.3 is 10.2 Å². The van der Waals surface area contributed by atoms with Crippen LogP contribution in [0.15, 0.2) is 24.4 Å². The largest absolute Gasteiger partial charge is 0.333 e. The molecular formula is C15H23N3O. The number of nitrogens with one attached hydrogen (secondary N) is 1. The molecule has 4 nitrogen and oxygen atoms in total. The summed E-state index contributed by atoms with van der Waals surface area (Å²) in [5, 5.41) is 3.13. The van der Waals surface area contributed by atoms with E-state index in [1.807, 2.05) is 29.3 Å². The standard InChI is InChI=1S/C15H23N3O/c1-4-15(3,5-2)17-14(19)18-10-12(11-18)13-8-6-7-9-16-13/h6-9,12H,4-5,10-11H2,1-3H3,(H,17,19). The monoisotopic (exact) mass is 261 g/mol. The molecule has 1 fully saturated rings. The number of nitrogens with zero attached hydrogens (tertiary/aromatic N) is 2. The maximum atomic E-state index is 12.1. The van der Waals surface area contributed by atoms with E-state index < -0.39 is 0 Å². The molecule has 0 atom stereocenters. The molecule has 2 heterocycles. The van der Waals surface area contributed by atoms with E-state index in [4.69, 9.17) is 0 Å². The van der Waals surface area contributed by atoms with Gasteiger partial charge in [-0.25, -0.2) is 4.79 Å². The van der Waals surface area contributed by atoms with E-state index in [1.165, 1.54) is 0 Å². The number of amides is 2. The van der Waals surface area contributed by atoms with Crippen LogP contribution in [0, 0.1) is 0 Å². The van der Waals surface area contributed by atoms with Gasteiger partial charge in [-0.15, -0.1) is 0 Å². The van der Waals surface area contributed by atoms with Gasteiger partial charge in [0.1, 0.15) is 0 Å². The topological polar surface area (TPSA) is 45.2 Å². The second-order valence-corrected chi connectivity index (χ2v) is 5.55. The molecule has 104 valence electrons. The lowest BCUT2D eigenvalue weighted by Gasteiger charge is -2.41. The van der Waals surface area contributed by atoms with Crippen LogP contribution in [-0.2, 0) is 0 Å². The van der Waals surface area contributed by atoms with Crippen LogP contribution >= 0.6 is 0 Å². The predicted molar refractivity (Wildman–Crippen MR) is 76.1 cm³/mol. The van der Waals surface area contributed by atoms with Crippen molar-refractivity contribution in [3.8, 4) is 0 Å². The molecule has 1 aliphatic rings. The summed E-state index contributed by atoms with van der Waals surface area (Å²) in [7, 11) is 0. The summed E-state index contributed by atoms with van der Waals surface area (Å²) in [6, 6.07) is 6.00. The van der Waals surface area contributed by atoms with Crippen LogP contribution in [0.25, 0.3) is 0 Å². The highest BCUT2D eigenvalue weighted by Gasteiger charge is 2.34. The Morgan fingerprint density at radius 3 is 2.63 bits per heavy atom. The van der Waals surface area contributed by atoms with Gasteiger partial charge in [0, 0.05) is 36.4 Å². The van der Waals surface area contributed by atoms with Gasteiger partial charge in [0.25, 0.3) is 0 Å². The molecule has 0 aliphatic carbocycles. The first-order chi connectivity index (χ1) is 9.08. The predicted octanol–water partition coefficient (Wildman–Crippen LogP) is 2.77. The highest BCUT2D eigenvalue weighted by Crippen LogP contribution is 2.26. The number of carbonyl (C=O) groups excluding carboxylic acids is 1. The maximum absolute atomic E-state index is 12.1. The van der Waals surface area contributed by atoms with Crippen molar-refractivity contribution in [1.82, 2.24) is 15.2 Å². The van der Waals surface area contributed by atoms with Gasteiger partial charge in [-0.05, 0) is 31.9 Å². The molecule has 1 aliphatic heterocycles. The van der Waals surface area contributed by atoms with E-state index in [0.29, 0.717) is 5.92 Å². The Bertz CT molecular complexity index is 422. The summed E-state index contributed by atoms with van der Waals surface area (Å²) in [5.41, 5.74) is 0.993. The maximum Gasteiger partial charge on any atom is 0.317 e. The Hall–Kier alpha value is -1.58. The van der Waals surface area contributed by atoms with Crippen LogP contribution in [-0.4, -0.2) is 34.5 Å². The first kappa shape index (κ1) is 13.8.